The highest BCUT2D eigenvalue weighted by Gasteiger charge is 2.09. The number of nitrogens with zero attached hydrogens (tertiary/aromatic N) is 1. The molecular formula is C21H26N4O3. The van der Waals surface area contributed by atoms with Gasteiger partial charge in [0.2, 0.25) is 0 Å². The second-order valence-corrected chi connectivity index (χ2v) is 6.26. The summed E-state index contributed by atoms with van der Waals surface area (Å²) in [4.78, 5) is 7.67. The fourth-order valence-corrected chi connectivity index (χ4v) is 3.12. The van der Waals surface area contributed by atoms with E-state index in [1.807, 2.05) is 42.6 Å². The standard InChI is InChI=1S/C21H26N4O3/c1-26-17-8-7-14(11-19(17)28-3)12-25-21(22)23-10-9-15-13-24-16-5-4-6-18(27-2)20(15)16/h4-8,11,13,24H,9-10,12H2,1-3H3,(H3,22,23,25). The summed E-state index contributed by atoms with van der Waals surface area (Å²) < 4.78 is 16.0. The molecule has 0 unspecified atom stereocenters. The van der Waals surface area contributed by atoms with Gasteiger partial charge >= 0.3 is 0 Å². The summed E-state index contributed by atoms with van der Waals surface area (Å²) in [7, 11) is 4.91. The molecule has 0 radical (unpaired) electrons. The Hall–Kier alpha value is -3.35. The predicted octanol–water partition coefficient (Wildman–Crippen LogP) is 2.84. The number of fused-ring (bicyclic) bond motifs is 1. The molecule has 4 N–H and O–H groups in total. The lowest BCUT2D eigenvalue weighted by molar-refractivity contribution is 0.354. The van der Waals surface area contributed by atoms with E-state index < -0.39 is 0 Å². The molecule has 1 heterocycles. The van der Waals surface area contributed by atoms with Crippen LogP contribution >= 0.6 is 0 Å². The summed E-state index contributed by atoms with van der Waals surface area (Å²) in [5, 5.41) is 4.27. The van der Waals surface area contributed by atoms with Crippen molar-refractivity contribution in [2.45, 2.75) is 13.0 Å². The van der Waals surface area contributed by atoms with E-state index in [9.17, 15) is 0 Å². The lowest BCUT2D eigenvalue weighted by atomic mass is 10.1. The number of nitrogens with one attached hydrogen (secondary N) is 2. The second-order valence-electron chi connectivity index (χ2n) is 6.26. The third-order valence-corrected chi connectivity index (χ3v) is 4.55. The molecule has 2 aromatic carbocycles. The van der Waals surface area contributed by atoms with Crippen molar-refractivity contribution in [3.05, 3.63) is 53.7 Å². The van der Waals surface area contributed by atoms with Gasteiger partial charge in [0.25, 0.3) is 0 Å². The number of rotatable bonds is 8. The molecule has 0 bridgehead atoms. The van der Waals surface area contributed by atoms with Gasteiger partial charge in [-0.05, 0) is 41.8 Å². The van der Waals surface area contributed by atoms with Crippen LogP contribution in [0.4, 0.5) is 0 Å². The Bertz CT molecular complexity index is 965. The van der Waals surface area contributed by atoms with Gasteiger partial charge in [0.1, 0.15) is 5.75 Å². The third kappa shape index (κ3) is 4.31. The zero-order chi connectivity index (χ0) is 19.9. The molecule has 0 aliphatic carbocycles. The van der Waals surface area contributed by atoms with Gasteiger partial charge in [0, 0.05) is 23.6 Å². The van der Waals surface area contributed by atoms with Gasteiger partial charge in [-0.2, -0.15) is 0 Å². The molecule has 28 heavy (non-hydrogen) atoms. The van der Waals surface area contributed by atoms with Gasteiger partial charge in [-0.1, -0.05) is 12.1 Å². The predicted molar refractivity (Wildman–Crippen MR) is 111 cm³/mol. The number of hydrogen-bond donors (Lipinski definition) is 3. The number of ether oxygens (including phenoxy) is 3. The lowest BCUT2D eigenvalue weighted by Gasteiger charge is -2.09. The third-order valence-electron chi connectivity index (χ3n) is 4.55. The van der Waals surface area contributed by atoms with Crippen molar-refractivity contribution in [1.29, 1.82) is 0 Å². The zero-order valence-electron chi connectivity index (χ0n) is 16.4. The quantitative estimate of drug-likeness (QED) is 0.411. The highest BCUT2D eigenvalue weighted by molar-refractivity contribution is 5.89. The Morgan fingerprint density at radius 2 is 1.82 bits per heavy atom. The van der Waals surface area contributed by atoms with Crippen LogP contribution in [0.25, 0.3) is 10.9 Å². The van der Waals surface area contributed by atoms with Gasteiger partial charge in [0.05, 0.1) is 27.9 Å². The number of guanidine groups is 1. The number of nitrogens with two attached hydrogens (primary N) is 1. The molecule has 7 heteroatoms. The summed E-state index contributed by atoms with van der Waals surface area (Å²) in [6.45, 7) is 1.13. The van der Waals surface area contributed by atoms with Crippen LogP contribution in [0.2, 0.25) is 0 Å². The van der Waals surface area contributed by atoms with Crippen molar-refractivity contribution in [3.8, 4) is 17.2 Å². The van der Waals surface area contributed by atoms with Crippen LogP contribution in [0.15, 0.2) is 47.6 Å². The molecule has 0 aliphatic rings. The number of methoxy groups -OCH3 is 3. The number of benzene rings is 2. The average Bonchev–Trinajstić information content (AvgIpc) is 3.15. The van der Waals surface area contributed by atoms with Crippen molar-refractivity contribution < 1.29 is 14.2 Å². The number of aliphatic imine (C=N–C) groups is 1. The van der Waals surface area contributed by atoms with Crippen LogP contribution in [0.5, 0.6) is 17.2 Å². The molecule has 0 fully saturated rings. The van der Waals surface area contributed by atoms with Gasteiger partial charge in [-0.25, -0.2) is 4.99 Å². The van der Waals surface area contributed by atoms with Crippen LogP contribution < -0.4 is 25.3 Å². The molecule has 0 saturated carbocycles. The summed E-state index contributed by atoms with van der Waals surface area (Å²) in [6.07, 6.45) is 2.80. The molecule has 1 aromatic heterocycles. The van der Waals surface area contributed by atoms with E-state index in [0.29, 0.717) is 30.5 Å². The van der Waals surface area contributed by atoms with Crippen molar-refractivity contribution in [3.63, 3.8) is 0 Å². The molecule has 0 amide bonds. The second kappa shape index (κ2) is 9.03. The van der Waals surface area contributed by atoms with Gasteiger partial charge in [-0.15, -0.1) is 0 Å². The van der Waals surface area contributed by atoms with Crippen LogP contribution in [-0.4, -0.2) is 38.8 Å². The van der Waals surface area contributed by atoms with E-state index in [1.54, 1.807) is 21.3 Å². The highest BCUT2D eigenvalue weighted by atomic mass is 16.5. The molecule has 0 spiro atoms. The number of aromatic amines is 1. The molecule has 148 valence electrons. The fraction of sp³-hybridized carbons (Fsp3) is 0.286. The van der Waals surface area contributed by atoms with Crippen molar-refractivity contribution >= 4 is 16.9 Å². The average molecular weight is 382 g/mol. The van der Waals surface area contributed by atoms with Gasteiger partial charge in [-0.3, -0.25) is 0 Å². The van der Waals surface area contributed by atoms with E-state index in [-0.39, 0.29) is 0 Å². The Labute approximate surface area is 164 Å². The van der Waals surface area contributed by atoms with E-state index in [0.717, 1.165) is 28.6 Å². The summed E-state index contributed by atoms with van der Waals surface area (Å²) in [6, 6.07) is 11.7. The molecule has 3 rings (SSSR count). The lowest BCUT2D eigenvalue weighted by Crippen LogP contribution is -2.33. The molecule has 3 aromatic rings. The topological polar surface area (TPSA) is 93.9 Å². The largest absolute Gasteiger partial charge is 0.496 e. The van der Waals surface area contributed by atoms with Crippen molar-refractivity contribution in [2.24, 2.45) is 10.7 Å². The van der Waals surface area contributed by atoms with Crippen LogP contribution in [-0.2, 0) is 13.0 Å². The van der Waals surface area contributed by atoms with E-state index in [2.05, 4.69) is 15.3 Å². The minimum atomic E-state index is 0.404. The van der Waals surface area contributed by atoms with Gasteiger partial charge in [0.15, 0.2) is 17.5 Å². The summed E-state index contributed by atoms with van der Waals surface area (Å²) >= 11 is 0. The number of H-pyrrole nitrogens is 1. The maximum Gasteiger partial charge on any atom is 0.188 e. The van der Waals surface area contributed by atoms with E-state index in [1.165, 1.54) is 5.56 Å². The maximum absolute atomic E-state index is 6.01. The number of aromatic nitrogens is 1. The minimum Gasteiger partial charge on any atom is -0.496 e. The molecule has 7 nitrogen and oxygen atoms in total. The molecule has 0 saturated heterocycles. The Kier molecular flexibility index (Phi) is 6.26. The molecule has 0 atom stereocenters. The van der Waals surface area contributed by atoms with Crippen molar-refractivity contribution in [2.75, 3.05) is 27.9 Å². The Morgan fingerprint density at radius 3 is 2.57 bits per heavy atom. The zero-order valence-corrected chi connectivity index (χ0v) is 16.4. The van der Waals surface area contributed by atoms with E-state index in [4.69, 9.17) is 19.9 Å². The first-order valence-electron chi connectivity index (χ1n) is 9.04. The maximum atomic E-state index is 6.01. The minimum absolute atomic E-state index is 0.404. The smallest absolute Gasteiger partial charge is 0.188 e. The Balaban J connectivity index is 1.58. The number of hydrogen-bond acceptors (Lipinski definition) is 4. The first kappa shape index (κ1) is 19.4. The van der Waals surface area contributed by atoms with Crippen molar-refractivity contribution in [1.82, 2.24) is 10.3 Å². The summed E-state index contributed by atoms with van der Waals surface area (Å²) in [5.74, 6) is 2.64. The SMILES string of the molecule is COc1ccc(CN=C(N)NCCc2c[nH]c3cccc(OC)c23)cc1OC. The van der Waals surface area contributed by atoms with Crippen LogP contribution in [0.1, 0.15) is 11.1 Å². The molecule has 0 aliphatic heterocycles. The van der Waals surface area contributed by atoms with Crippen LogP contribution in [0.3, 0.4) is 0 Å². The highest BCUT2D eigenvalue weighted by Crippen LogP contribution is 2.29. The monoisotopic (exact) mass is 382 g/mol. The van der Waals surface area contributed by atoms with Crippen LogP contribution in [0, 0.1) is 0 Å². The summed E-state index contributed by atoms with van der Waals surface area (Å²) in [5.41, 5.74) is 9.23. The normalized spacial score (nSPS) is 11.5. The van der Waals surface area contributed by atoms with E-state index >= 15 is 0 Å². The fourth-order valence-electron chi connectivity index (χ4n) is 3.12. The Morgan fingerprint density at radius 1 is 1.04 bits per heavy atom. The first-order valence-corrected chi connectivity index (χ1v) is 9.04. The molecular weight excluding hydrogens is 356 g/mol. The van der Waals surface area contributed by atoms with Gasteiger partial charge < -0.3 is 30.2 Å². The first-order chi connectivity index (χ1) is 13.7.